The molecule has 1 aromatic carbocycles. The molecule has 17 heavy (non-hydrogen) atoms. The van der Waals surface area contributed by atoms with Crippen LogP contribution in [0.4, 0.5) is 12.9 Å². The summed E-state index contributed by atoms with van der Waals surface area (Å²) in [7, 11) is -4.37. The van der Waals surface area contributed by atoms with Crippen molar-refractivity contribution in [3.05, 3.63) is 28.2 Å². The first-order chi connectivity index (χ1) is 7.63. The van der Waals surface area contributed by atoms with Crippen LogP contribution in [0.15, 0.2) is 23.1 Å². The van der Waals surface area contributed by atoms with Gasteiger partial charge in [-0.1, -0.05) is 29.3 Å². The fourth-order valence-electron chi connectivity index (χ4n) is 1.02. The molecule has 0 saturated heterocycles. The fourth-order valence-corrected chi connectivity index (χ4v) is 3.22. The maximum absolute atomic E-state index is 12.0. The van der Waals surface area contributed by atoms with Gasteiger partial charge in [0.2, 0.25) is 10.0 Å². The highest BCUT2D eigenvalue weighted by Crippen LogP contribution is 2.28. The average molecular weight is 307 g/mol. The van der Waals surface area contributed by atoms with Crippen molar-refractivity contribution in [3.8, 4) is 0 Å². The Morgan fingerprint density at radius 1 is 1.18 bits per heavy atom. The largest absolute Gasteiger partial charge is 0.492 e. The van der Waals surface area contributed by atoms with Gasteiger partial charge in [-0.3, -0.25) is 0 Å². The zero-order valence-electron chi connectivity index (χ0n) is 8.13. The topological polar surface area (TPSA) is 46.2 Å². The van der Waals surface area contributed by atoms with Crippen molar-refractivity contribution >= 4 is 40.2 Å². The Morgan fingerprint density at radius 2 is 1.65 bits per heavy atom. The minimum absolute atomic E-state index is 0.236. The molecule has 1 rings (SSSR count). The molecule has 0 bridgehead atoms. The van der Waals surface area contributed by atoms with Crippen LogP contribution in [0.2, 0.25) is 10.0 Å². The van der Waals surface area contributed by atoms with Crippen LogP contribution < -0.4 is 4.72 Å². The first-order valence-corrected chi connectivity index (χ1v) is 6.52. The molecule has 0 aromatic heterocycles. The molecule has 0 atom stereocenters. The third-order valence-electron chi connectivity index (χ3n) is 1.69. The molecule has 1 aromatic rings. The predicted molar refractivity (Wildman–Crippen MR) is 60.7 cm³/mol. The first kappa shape index (κ1) is 14.6. The number of hydrogen-bond donors (Lipinski definition) is 1. The highest BCUT2D eigenvalue weighted by molar-refractivity contribution is 7.89. The monoisotopic (exact) mass is 306 g/mol. The fraction of sp³-hybridized carbons (Fsp3) is 0.143. The Bertz CT molecular complexity index is 500. The average Bonchev–Trinajstić information content (AvgIpc) is 2.13. The van der Waals surface area contributed by atoms with E-state index in [0.717, 1.165) is 0 Å². The second kappa shape index (κ2) is 5.05. The van der Waals surface area contributed by atoms with Crippen LogP contribution in [0.5, 0.6) is 0 Å². The summed E-state index contributed by atoms with van der Waals surface area (Å²) in [5.41, 5.74) is 0. The normalized spacial score (nSPS) is 12.8. The number of halogens is 5. The van der Waals surface area contributed by atoms with Gasteiger partial charge in [0.05, 0.1) is 10.0 Å². The Balaban J connectivity index is 3.06. The molecule has 0 aliphatic heterocycles. The summed E-state index contributed by atoms with van der Waals surface area (Å²) in [4.78, 5) is -0.552. The van der Waals surface area contributed by atoms with Gasteiger partial charge in [-0.2, -0.15) is 0 Å². The summed E-state index contributed by atoms with van der Waals surface area (Å²) < 4.78 is 60.4. The highest BCUT2D eigenvalue weighted by Gasteiger charge is 2.28. The Hall–Kier alpha value is -0.435. The zero-order chi connectivity index (χ0) is 13.3. The maximum Gasteiger partial charge on any atom is 0.492 e. The van der Waals surface area contributed by atoms with E-state index in [1.54, 1.807) is 0 Å². The molecular weight excluding hydrogens is 301 g/mol. The highest BCUT2D eigenvalue weighted by atomic mass is 35.5. The smallest absolute Gasteiger partial charge is 0.448 e. The molecule has 10 heteroatoms. The van der Waals surface area contributed by atoms with Gasteiger partial charge >= 0.3 is 6.98 Å². The van der Waals surface area contributed by atoms with Gasteiger partial charge in [0.25, 0.3) is 0 Å². The van der Waals surface area contributed by atoms with Crippen LogP contribution in [-0.2, 0) is 10.0 Å². The minimum Gasteiger partial charge on any atom is -0.448 e. The van der Waals surface area contributed by atoms with Crippen molar-refractivity contribution in [1.29, 1.82) is 0 Å². The van der Waals surface area contributed by atoms with Gasteiger partial charge in [-0.25, -0.2) is 13.1 Å². The standard InChI is InChI=1S/C7H6BCl2F3NO2S/c9-5-2-1-3-6(10)7(5)17(15,16)14-4-8(11,12)13/h1-3,14H,4H2/q-1. The quantitative estimate of drug-likeness (QED) is 0.869. The van der Waals surface area contributed by atoms with Crippen LogP contribution >= 0.6 is 23.2 Å². The molecule has 0 aliphatic carbocycles. The number of nitrogens with one attached hydrogen (secondary N) is 1. The van der Waals surface area contributed by atoms with E-state index >= 15 is 0 Å². The lowest BCUT2D eigenvalue weighted by Gasteiger charge is -2.15. The lowest BCUT2D eigenvalue weighted by atomic mass is 9.93. The van der Waals surface area contributed by atoms with Crippen molar-refractivity contribution in [1.82, 2.24) is 4.72 Å². The summed E-state index contributed by atoms with van der Waals surface area (Å²) in [6.45, 7) is -5.26. The number of rotatable bonds is 4. The predicted octanol–water partition coefficient (Wildman–Crippen LogP) is 2.66. The second-order valence-corrected chi connectivity index (χ2v) is 5.63. The summed E-state index contributed by atoms with van der Waals surface area (Å²) in [5, 5.41) is -0.473. The number of benzene rings is 1. The van der Waals surface area contributed by atoms with E-state index in [2.05, 4.69) is 0 Å². The third-order valence-corrected chi connectivity index (χ3v) is 4.07. The van der Waals surface area contributed by atoms with E-state index in [4.69, 9.17) is 23.2 Å². The molecule has 0 unspecified atom stereocenters. The molecular formula is C7H6BCl2F3NO2S-. The molecule has 0 saturated carbocycles. The lowest BCUT2D eigenvalue weighted by Crippen LogP contribution is -2.37. The Morgan fingerprint density at radius 3 is 2.06 bits per heavy atom. The number of sulfonamides is 1. The van der Waals surface area contributed by atoms with E-state index in [1.807, 2.05) is 0 Å². The summed E-state index contributed by atoms with van der Waals surface area (Å²) in [6, 6.07) is 3.83. The van der Waals surface area contributed by atoms with E-state index < -0.39 is 28.3 Å². The van der Waals surface area contributed by atoms with E-state index in [1.165, 1.54) is 22.9 Å². The molecule has 0 spiro atoms. The van der Waals surface area contributed by atoms with E-state index in [-0.39, 0.29) is 10.0 Å². The van der Waals surface area contributed by atoms with Crippen molar-refractivity contribution in [2.75, 3.05) is 6.44 Å². The van der Waals surface area contributed by atoms with Gasteiger partial charge in [0, 0.05) is 0 Å². The lowest BCUT2D eigenvalue weighted by molar-refractivity contribution is 0.465. The Kier molecular flexibility index (Phi) is 4.35. The van der Waals surface area contributed by atoms with Gasteiger partial charge in [-0.05, 0) is 18.6 Å². The molecule has 1 N–H and O–H groups in total. The molecule has 0 radical (unpaired) electrons. The van der Waals surface area contributed by atoms with E-state index in [0.29, 0.717) is 0 Å². The van der Waals surface area contributed by atoms with Crippen molar-refractivity contribution in [2.45, 2.75) is 4.90 Å². The summed E-state index contributed by atoms with van der Waals surface area (Å²) in [5.74, 6) is 0. The van der Waals surface area contributed by atoms with Gasteiger partial charge in [0.15, 0.2) is 0 Å². The molecule has 0 aliphatic rings. The summed E-state index contributed by atoms with van der Waals surface area (Å²) >= 11 is 11.2. The SMILES string of the molecule is O=S(=O)(NC[B-](F)(F)F)c1c(Cl)cccc1Cl. The Labute approximate surface area is 106 Å². The van der Waals surface area contributed by atoms with Gasteiger partial charge in [0.1, 0.15) is 4.90 Å². The van der Waals surface area contributed by atoms with Crippen LogP contribution in [-0.4, -0.2) is 21.8 Å². The molecule has 0 fully saturated rings. The van der Waals surface area contributed by atoms with Crippen molar-refractivity contribution in [2.24, 2.45) is 0 Å². The van der Waals surface area contributed by atoms with Crippen LogP contribution in [0.3, 0.4) is 0 Å². The van der Waals surface area contributed by atoms with Crippen LogP contribution in [0.25, 0.3) is 0 Å². The first-order valence-electron chi connectivity index (χ1n) is 4.28. The molecule has 96 valence electrons. The summed E-state index contributed by atoms with van der Waals surface area (Å²) in [6.07, 6.45) is -1.62. The molecule has 3 nitrogen and oxygen atoms in total. The third kappa shape index (κ3) is 4.06. The van der Waals surface area contributed by atoms with Crippen molar-refractivity contribution < 1.29 is 21.4 Å². The molecule has 0 amide bonds. The van der Waals surface area contributed by atoms with E-state index in [9.17, 15) is 21.4 Å². The zero-order valence-corrected chi connectivity index (χ0v) is 10.5. The van der Waals surface area contributed by atoms with Gasteiger partial charge in [-0.15, -0.1) is 0 Å². The number of hydrogen-bond acceptors (Lipinski definition) is 2. The second-order valence-electron chi connectivity index (χ2n) is 3.11. The van der Waals surface area contributed by atoms with Crippen LogP contribution in [0.1, 0.15) is 0 Å². The van der Waals surface area contributed by atoms with Crippen LogP contribution in [0, 0.1) is 0 Å². The minimum atomic E-state index is -5.26. The van der Waals surface area contributed by atoms with Gasteiger partial charge < -0.3 is 12.9 Å². The maximum atomic E-state index is 12.0. The molecule has 0 heterocycles. The van der Waals surface area contributed by atoms with Crippen molar-refractivity contribution in [3.63, 3.8) is 0 Å².